The van der Waals surface area contributed by atoms with E-state index in [1.54, 1.807) is 0 Å². The summed E-state index contributed by atoms with van der Waals surface area (Å²) in [6.45, 7) is 0. The molecule has 0 amide bonds. The van der Waals surface area contributed by atoms with E-state index in [-0.39, 0.29) is 37.1 Å². The van der Waals surface area contributed by atoms with Crippen LogP contribution in [0, 0.1) is 29.1 Å². The molecule has 0 saturated carbocycles. The van der Waals surface area contributed by atoms with Crippen molar-refractivity contribution in [3.05, 3.63) is 35.2 Å². The van der Waals surface area contributed by atoms with Crippen LogP contribution in [-0.2, 0) is 0 Å². The van der Waals surface area contributed by atoms with E-state index in [4.69, 9.17) is 0 Å². The fourth-order valence-corrected chi connectivity index (χ4v) is 0.544. The van der Waals surface area contributed by atoms with Crippen LogP contribution in [-0.4, -0.2) is 0 Å². The average molecular weight is 192 g/mol. The molecule has 0 bridgehead atoms. The van der Waals surface area contributed by atoms with Crippen LogP contribution in [0.15, 0.2) is 6.07 Å². The predicted molar refractivity (Wildman–Crippen MR) is 27.3 cm³/mol. The van der Waals surface area contributed by atoms with Crippen LogP contribution < -0.4 is 29.6 Å². The van der Waals surface area contributed by atoms with Gasteiger partial charge in [0.15, 0.2) is 23.3 Å². The van der Waals surface area contributed by atoms with Gasteiger partial charge in [-0.15, -0.1) is 0 Å². The Balaban J connectivity index is 0. The molecule has 0 radical (unpaired) electrons. The minimum Gasteiger partial charge on any atom is -1.00 e. The standard InChI is InChI=1S/C6HF5.Na.H/c7-2-1-3(8)5(10)6(11)4(2)9;;/h1H;;/q;+1;-1. The summed E-state index contributed by atoms with van der Waals surface area (Å²) in [5.74, 6) is -9.65. The Bertz CT molecular complexity index is 277. The summed E-state index contributed by atoms with van der Waals surface area (Å²) in [6.07, 6.45) is 0. The number of hydrogen-bond donors (Lipinski definition) is 0. The van der Waals surface area contributed by atoms with Gasteiger partial charge in [-0.25, -0.2) is 22.0 Å². The van der Waals surface area contributed by atoms with E-state index in [1.807, 2.05) is 0 Å². The number of rotatable bonds is 0. The first kappa shape index (κ1) is 11.9. The second-order valence-corrected chi connectivity index (χ2v) is 1.78. The Labute approximate surface area is 88.2 Å². The Kier molecular flexibility index (Phi) is 4.16. The molecule has 0 aliphatic heterocycles. The number of halogens is 5. The van der Waals surface area contributed by atoms with Gasteiger partial charge in [-0.3, -0.25) is 0 Å². The fourth-order valence-electron chi connectivity index (χ4n) is 0.544. The monoisotopic (exact) mass is 192 g/mol. The van der Waals surface area contributed by atoms with E-state index in [2.05, 4.69) is 0 Å². The first-order valence-corrected chi connectivity index (χ1v) is 2.52. The number of benzene rings is 1. The molecule has 12 heavy (non-hydrogen) atoms. The summed E-state index contributed by atoms with van der Waals surface area (Å²) >= 11 is 0. The molecule has 1 aromatic rings. The molecule has 0 saturated heterocycles. The molecular formula is C6H2F5Na. The van der Waals surface area contributed by atoms with Crippen LogP contribution in [0.1, 0.15) is 1.43 Å². The van der Waals surface area contributed by atoms with Gasteiger partial charge < -0.3 is 1.43 Å². The van der Waals surface area contributed by atoms with E-state index in [1.165, 1.54) is 0 Å². The molecule has 0 aromatic heterocycles. The van der Waals surface area contributed by atoms with Crippen LogP contribution in [0.4, 0.5) is 22.0 Å². The van der Waals surface area contributed by atoms with Gasteiger partial charge in [-0.2, -0.15) is 0 Å². The van der Waals surface area contributed by atoms with Crippen molar-refractivity contribution in [2.24, 2.45) is 0 Å². The molecule has 0 nitrogen and oxygen atoms in total. The Morgan fingerprint density at radius 1 is 0.750 bits per heavy atom. The van der Waals surface area contributed by atoms with Crippen molar-refractivity contribution in [1.29, 1.82) is 0 Å². The third-order valence-corrected chi connectivity index (χ3v) is 1.06. The molecule has 0 N–H and O–H groups in total. The molecule has 1 rings (SSSR count). The van der Waals surface area contributed by atoms with Crippen molar-refractivity contribution in [2.45, 2.75) is 0 Å². The van der Waals surface area contributed by atoms with Crippen LogP contribution in [0.3, 0.4) is 0 Å². The largest absolute Gasteiger partial charge is 1.00 e. The summed E-state index contributed by atoms with van der Waals surface area (Å²) in [6, 6.07) is -0.0618. The van der Waals surface area contributed by atoms with Crippen molar-refractivity contribution < 1.29 is 52.9 Å². The predicted octanol–water partition coefficient (Wildman–Crippen LogP) is -0.501. The minimum atomic E-state index is -2.14. The summed E-state index contributed by atoms with van der Waals surface area (Å²) < 4.78 is 60.0. The SMILES string of the molecule is Fc1cc(F)c(F)c(F)c1F.[H-].[Na+]. The molecule has 0 atom stereocenters. The van der Waals surface area contributed by atoms with Gasteiger partial charge in [0.05, 0.1) is 0 Å². The van der Waals surface area contributed by atoms with Gasteiger partial charge in [0.1, 0.15) is 0 Å². The summed E-state index contributed by atoms with van der Waals surface area (Å²) in [5, 5.41) is 0. The van der Waals surface area contributed by atoms with Crippen molar-refractivity contribution in [2.75, 3.05) is 0 Å². The summed E-state index contributed by atoms with van der Waals surface area (Å²) in [5.41, 5.74) is 0. The van der Waals surface area contributed by atoms with Crippen LogP contribution in [0.25, 0.3) is 0 Å². The Hall–Kier alpha value is -0.130. The maximum Gasteiger partial charge on any atom is 1.00 e. The van der Waals surface area contributed by atoms with Crippen LogP contribution >= 0.6 is 0 Å². The first-order chi connectivity index (χ1) is 5.04. The van der Waals surface area contributed by atoms with E-state index in [0.29, 0.717) is 0 Å². The zero-order valence-corrected chi connectivity index (χ0v) is 7.97. The van der Waals surface area contributed by atoms with Gasteiger partial charge in [-0.05, 0) is 0 Å². The van der Waals surface area contributed by atoms with Gasteiger partial charge in [0.2, 0.25) is 5.82 Å². The Morgan fingerprint density at radius 3 is 1.42 bits per heavy atom. The molecule has 0 heterocycles. The number of hydrogen-bond acceptors (Lipinski definition) is 0. The van der Waals surface area contributed by atoms with Gasteiger partial charge >= 0.3 is 29.6 Å². The maximum atomic E-state index is 12.0. The normalized spacial score (nSPS) is 9.42. The van der Waals surface area contributed by atoms with E-state index < -0.39 is 29.1 Å². The van der Waals surface area contributed by atoms with Crippen molar-refractivity contribution in [3.63, 3.8) is 0 Å². The third-order valence-electron chi connectivity index (χ3n) is 1.06. The van der Waals surface area contributed by atoms with Gasteiger partial charge in [0, 0.05) is 6.07 Å². The van der Waals surface area contributed by atoms with E-state index >= 15 is 0 Å². The second kappa shape index (κ2) is 4.20. The zero-order valence-electron chi connectivity index (χ0n) is 6.97. The third kappa shape index (κ3) is 1.97. The summed E-state index contributed by atoms with van der Waals surface area (Å²) in [4.78, 5) is 0. The molecule has 1 aromatic carbocycles. The smallest absolute Gasteiger partial charge is 1.00 e. The zero-order chi connectivity index (χ0) is 8.59. The van der Waals surface area contributed by atoms with Gasteiger partial charge in [0.25, 0.3) is 0 Å². The molecular weight excluding hydrogens is 190 g/mol. The van der Waals surface area contributed by atoms with Gasteiger partial charge in [-0.1, -0.05) is 0 Å². The first-order valence-electron chi connectivity index (χ1n) is 2.52. The molecule has 0 aliphatic carbocycles. The van der Waals surface area contributed by atoms with E-state index in [9.17, 15) is 22.0 Å². The molecule has 6 heteroatoms. The average Bonchev–Trinajstić information content (AvgIpc) is 1.97. The van der Waals surface area contributed by atoms with E-state index in [0.717, 1.165) is 0 Å². The minimum absolute atomic E-state index is 0. The molecule has 0 aliphatic rings. The van der Waals surface area contributed by atoms with Crippen molar-refractivity contribution in [3.8, 4) is 0 Å². The molecule has 0 spiro atoms. The van der Waals surface area contributed by atoms with Crippen molar-refractivity contribution in [1.82, 2.24) is 0 Å². The summed E-state index contributed by atoms with van der Waals surface area (Å²) in [7, 11) is 0. The molecule has 0 unspecified atom stereocenters. The van der Waals surface area contributed by atoms with Crippen LogP contribution in [0.5, 0.6) is 0 Å². The second-order valence-electron chi connectivity index (χ2n) is 1.78. The molecule has 0 fully saturated rings. The quantitative estimate of drug-likeness (QED) is 0.225. The fraction of sp³-hybridized carbons (Fsp3) is 0. The van der Waals surface area contributed by atoms with Crippen LogP contribution in [0.2, 0.25) is 0 Å². The molecule has 62 valence electrons. The topological polar surface area (TPSA) is 0 Å². The van der Waals surface area contributed by atoms with Crippen molar-refractivity contribution >= 4 is 0 Å². The maximum absolute atomic E-state index is 12.0. The Morgan fingerprint density at radius 2 is 1.08 bits per heavy atom.